The fraction of sp³-hybridized carbons (Fsp3) is 0.211. The summed E-state index contributed by atoms with van der Waals surface area (Å²) in [5.74, 6) is 0.576. The lowest BCUT2D eigenvalue weighted by molar-refractivity contribution is 0.275. The maximum absolute atomic E-state index is 13.1. The predicted molar refractivity (Wildman–Crippen MR) is 101 cm³/mol. The third-order valence-corrected chi connectivity index (χ3v) is 5.29. The zero-order chi connectivity index (χ0) is 17.6. The second kappa shape index (κ2) is 6.06. The summed E-state index contributed by atoms with van der Waals surface area (Å²) in [6.45, 7) is 4.07. The van der Waals surface area contributed by atoms with Gasteiger partial charge in [-0.15, -0.1) is 11.3 Å². The highest BCUT2D eigenvalue weighted by atomic mass is 32.1. The molecule has 0 bridgehead atoms. The number of aromatic nitrogens is 3. The van der Waals surface area contributed by atoms with Crippen LogP contribution in [0.4, 0.5) is 0 Å². The monoisotopic (exact) mass is 351 g/mol. The minimum Gasteiger partial charge on any atom is -0.395 e. The number of benzene rings is 1. The molecule has 1 aromatic carbocycles. The van der Waals surface area contributed by atoms with Gasteiger partial charge in [-0.2, -0.15) is 0 Å². The first-order valence-electron chi connectivity index (χ1n) is 8.07. The van der Waals surface area contributed by atoms with E-state index >= 15 is 0 Å². The molecule has 4 aromatic rings. The van der Waals surface area contributed by atoms with E-state index in [0.29, 0.717) is 16.0 Å². The van der Waals surface area contributed by atoms with Crippen LogP contribution in [-0.4, -0.2) is 26.2 Å². The van der Waals surface area contributed by atoms with Gasteiger partial charge in [0.2, 0.25) is 0 Å². The standard InChI is InChI=1S/C19H17N3O2S/c1-11-10-12(2)20-18-14(11)15-16(25-18)19(24)22(8-9-23)17(21-15)13-6-4-3-5-7-13/h3-7,10,23H,8-9H2,1-2H3. The number of hydrogen-bond acceptors (Lipinski definition) is 5. The second-order valence-electron chi connectivity index (χ2n) is 6.02. The van der Waals surface area contributed by atoms with E-state index in [9.17, 15) is 9.90 Å². The summed E-state index contributed by atoms with van der Waals surface area (Å²) in [5, 5.41) is 10.4. The summed E-state index contributed by atoms with van der Waals surface area (Å²) < 4.78 is 2.14. The molecule has 5 nitrogen and oxygen atoms in total. The number of pyridine rings is 1. The van der Waals surface area contributed by atoms with E-state index in [4.69, 9.17) is 4.98 Å². The molecule has 0 atom stereocenters. The van der Waals surface area contributed by atoms with Crippen LogP contribution in [0.3, 0.4) is 0 Å². The highest BCUT2D eigenvalue weighted by Gasteiger charge is 2.18. The number of fused-ring (bicyclic) bond motifs is 3. The fourth-order valence-corrected chi connectivity index (χ4v) is 4.36. The number of aliphatic hydroxyl groups is 1. The molecule has 126 valence electrons. The van der Waals surface area contributed by atoms with Crippen LogP contribution in [0.1, 0.15) is 11.3 Å². The lowest BCUT2D eigenvalue weighted by Gasteiger charge is -2.11. The Morgan fingerprint density at radius 3 is 2.64 bits per heavy atom. The summed E-state index contributed by atoms with van der Waals surface area (Å²) >= 11 is 1.37. The Labute approximate surface area is 148 Å². The maximum Gasteiger partial charge on any atom is 0.271 e. The Bertz CT molecular complexity index is 1150. The largest absolute Gasteiger partial charge is 0.395 e. The molecule has 4 rings (SSSR count). The summed E-state index contributed by atoms with van der Waals surface area (Å²) in [5.41, 5.74) is 3.42. The first kappa shape index (κ1) is 15.9. The van der Waals surface area contributed by atoms with Crippen LogP contribution in [0.15, 0.2) is 41.2 Å². The summed E-state index contributed by atoms with van der Waals surface area (Å²) in [4.78, 5) is 23.3. The van der Waals surface area contributed by atoms with Crippen LogP contribution in [0.25, 0.3) is 31.8 Å². The van der Waals surface area contributed by atoms with Crippen LogP contribution < -0.4 is 5.56 Å². The van der Waals surface area contributed by atoms with E-state index in [1.165, 1.54) is 11.3 Å². The first-order chi connectivity index (χ1) is 12.1. The van der Waals surface area contributed by atoms with Gasteiger partial charge in [0.15, 0.2) is 0 Å². The molecule has 0 radical (unpaired) electrons. The van der Waals surface area contributed by atoms with Crippen molar-refractivity contribution in [3.05, 3.63) is 58.0 Å². The topological polar surface area (TPSA) is 68.0 Å². The van der Waals surface area contributed by atoms with Crippen LogP contribution >= 0.6 is 11.3 Å². The Morgan fingerprint density at radius 2 is 1.92 bits per heavy atom. The third-order valence-electron chi connectivity index (χ3n) is 4.23. The molecule has 0 aliphatic carbocycles. The highest BCUT2D eigenvalue weighted by Crippen LogP contribution is 2.33. The van der Waals surface area contributed by atoms with E-state index in [1.807, 2.05) is 50.2 Å². The molecule has 25 heavy (non-hydrogen) atoms. The fourth-order valence-electron chi connectivity index (χ4n) is 3.17. The Balaban J connectivity index is 2.16. The quantitative estimate of drug-likeness (QED) is 0.615. The molecule has 0 spiro atoms. The van der Waals surface area contributed by atoms with Crippen molar-refractivity contribution >= 4 is 31.8 Å². The van der Waals surface area contributed by atoms with Gasteiger partial charge in [0.25, 0.3) is 5.56 Å². The van der Waals surface area contributed by atoms with Gasteiger partial charge in [-0.3, -0.25) is 9.36 Å². The number of nitrogens with zero attached hydrogens (tertiary/aromatic N) is 3. The van der Waals surface area contributed by atoms with Crippen molar-refractivity contribution in [2.45, 2.75) is 20.4 Å². The summed E-state index contributed by atoms with van der Waals surface area (Å²) in [7, 11) is 0. The van der Waals surface area contributed by atoms with Gasteiger partial charge in [0.05, 0.1) is 18.7 Å². The Morgan fingerprint density at radius 1 is 1.16 bits per heavy atom. The van der Waals surface area contributed by atoms with E-state index in [1.54, 1.807) is 4.57 Å². The molecule has 0 unspecified atom stereocenters. The van der Waals surface area contributed by atoms with Gasteiger partial charge in [-0.1, -0.05) is 30.3 Å². The summed E-state index contributed by atoms with van der Waals surface area (Å²) in [6, 6.07) is 11.6. The van der Waals surface area contributed by atoms with Crippen LogP contribution in [-0.2, 0) is 6.54 Å². The smallest absolute Gasteiger partial charge is 0.271 e. The SMILES string of the molecule is Cc1cc(C)c2c(n1)sc1c(=O)n(CCO)c(-c3ccccc3)nc12. The van der Waals surface area contributed by atoms with E-state index in [2.05, 4.69) is 4.98 Å². The zero-order valence-corrected chi connectivity index (χ0v) is 14.8. The molecule has 1 N–H and O–H groups in total. The lowest BCUT2D eigenvalue weighted by Crippen LogP contribution is -2.24. The average Bonchev–Trinajstić information content (AvgIpc) is 2.97. The van der Waals surface area contributed by atoms with E-state index in [-0.39, 0.29) is 18.7 Å². The van der Waals surface area contributed by atoms with E-state index in [0.717, 1.165) is 27.0 Å². The zero-order valence-electron chi connectivity index (χ0n) is 14.0. The number of hydrogen-bond donors (Lipinski definition) is 1. The molecular weight excluding hydrogens is 334 g/mol. The van der Waals surface area contributed by atoms with Crippen LogP contribution in [0.2, 0.25) is 0 Å². The van der Waals surface area contributed by atoms with Crippen molar-refractivity contribution in [1.82, 2.24) is 14.5 Å². The van der Waals surface area contributed by atoms with Gasteiger partial charge in [-0.25, -0.2) is 9.97 Å². The van der Waals surface area contributed by atoms with Crippen molar-refractivity contribution in [1.29, 1.82) is 0 Å². The Kier molecular flexibility index (Phi) is 3.86. The predicted octanol–water partition coefficient (Wildman–Crippen LogP) is 3.28. The second-order valence-corrected chi connectivity index (χ2v) is 7.02. The van der Waals surface area contributed by atoms with Crippen molar-refractivity contribution in [3.63, 3.8) is 0 Å². The molecule has 0 saturated carbocycles. The van der Waals surface area contributed by atoms with Crippen molar-refractivity contribution in [2.24, 2.45) is 0 Å². The minimum atomic E-state index is -0.127. The van der Waals surface area contributed by atoms with Crippen LogP contribution in [0.5, 0.6) is 0 Å². The molecule has 3 heterocycles. The summed E-state index contributed by atoms with van der Waals surface area (Å²) in [6.07, 6.45) is 0. The van der Waals surface area contributed by atoms with Gasteiger partial charge in [0.1, 0.15) is 15.4 Å². The molecule has 0 saturated heterocycles. The van der Waals surface area contributed by atoms with Gasteiger partial charge in [-0.05, 0) is 25.5 Å². The molecule has 0 amide bonds. The molecule has 3 aromatic heterocycles. The van der Waals surface area contributed by atoms with Crippen molar-refractivity contribution in [2.75, 3.05) is 6.61 Å². The normalized spacial score (nSPS) is 11.5. The third kappa shape index (κ3) is 2.54. The lowest BCUT2D eigenvalue weighted by atomic mass is 10.1. The minimum absolute atomic E-state index is 0.117. The number of aryl methyl sites for hydroxylation is 2. The van der Waals surface area contributed by atoms with Gasteiger partial charge < -0.3 is 5.11 Å². The number of rotatable bonds is 3. The molecule has 0 fully saturated rings. The van der Waals surface area contributed by atoms with Gasteiger partial charge in [0, 0.05) is 16.6 Å². The molecule has 0 aliphatic rings. The number of thiophene rings is 1. The molecule has 6 heteroatoms. The van der Waals surface area contributed by atoms with Crippen molar-refractivity contribution < 1.29 is 5.11 Å². The average molecular weight is 351 g/mol. The van der Waals surface area contributed by atoms with Crippen molar-refractivity contribution in [3.8, 4) is 11.4 Å². The first-order valence-corrected chi connectivity index (χ1v) is 8.89. The van der Waals surface area contributed by atoms with E-state index < -0.39 is 0 Å². The maximum atomic E-state index is 13.1. The van der Waals surface area contributed by atoms with Gasteiger partial charge >= 0.3 is 0 Å². The highest BCUT2D eigenvalue weighted by molar-refractivity contribution is 7.25. The Hall–Kier alpha value is -2.57. The van der Waals surface area contributed by atoms with Crippen LogP contribution in [0, 0.1) is 13.8 Å². The molecule has 0 aliphatic heterocycles. The molecular formula is C19H17N3O2S. The number of aliphatic hydroxyl groups excluding tert-OH is 1.